The molecule has 0 radical (unpaired) electrons. The van der Waals surface area contributed by atoms with E-state index < -0.39 is 0 Å². The van der Waals surface area contributed by atoms with Crippen LogP contribution in [0.4, 0.5) is 4.79 Å². The van der Waals surface area contributed by atoms with Gasteiger partial charge in [0, 0.05) is 38.0 Å². The molecule has 1 aromatic heterocycles. The van der Waals surface area contributed by atoms with Gasteiger partial charge in [-0.05, 0) is 36.0 Å². The number of hydrogen-bond acceptors (Lipinski definition) is 3. The number of aromatic nitrogens is 1. The average Bonchev–Trinajstić information content (AvgIpc) is 2.51. The zero-order valence-corrected chi connectivity index (χ0v) is 13.8. The Balaban J connectivity index is 1.77. The first-order valence-electron chi connectivity index (χ1n) is 7.99. The molecule has 2 atom stereocenters. The number of urea groups is 1. The van der Waals surface area contributed by atoms with Gasteiger partial charge in [-0.25, -0.2) is 4.79 Å². The van der Waals surface area contributed by atoms with Gasteiger partial charge in [-0.3, -0.25) is 4.98 Å². The molecule has 2 amide bonds. The molecule has 1 aliphatic rings. The van der Waals surface area contributed by atoms with Crippen LogP contribution in [-0.4, -0.2) is 30.3 Å². The molecule has 1 saturated heterocycles. The molecule has 5 heteroatoms. The Kier molecular flexibility index (Phi) is 5.77. The third kappa shape index (κ3) is 4.98. The molecule has 0 aromatic carbocycles. The van der Waals surface area contributed by atoms with E-state index in [1.807, 2.05) is 12.1 Å². The average molecular weight is 305 g/mol. The van der Waals surface area contributed by atoms with Gasteiger partial charge < -0.3 is 15.4 Å². The topological polar surface area (TPSA) is 63.2 Å². The first kappa shape index (κ1) is 16.7. The minimum absolute atomic E-state index is 0.0975. The number of nitrogens with zero attached hydrogens (tertiary/aromatic N) is 1. The smallest absolute Gasteiger partial charge is 0.315 e. The van der Waals surface area contributed by atoms with Crippen LogP contribution in [0.15, 0.2) is 24.5 Å². The van der Waals surface area contributed by atoms with E-state index in [4.69, 9.17) is 4.74 Å². The molecule has 2 heterocycles. The van der Waals surface area contributed by atoms with Crippen molar-refractivity contribution in [3.63, 3.8) is 0 Å². The van der Waals surface area contributed by atoms with E-state index in [0.717, 1.165) is 25.0 Å². The molecule has 0 bridgehead atoms. The lowest BCUT2D eigenvalue weighted by molar-refractivity contribution is -0.0837. The first-order valence-corrected chi connectivity index (χ1v) is 7.99. The van der Waals surface area contributed by atoms with E-state index in [9.17, 15) is 4.79 Å². The van der Waals surface area contributed by atoms with Crippen molar-refractivity contribution in [2.24, 2.45) is 11.3 Å². The Hall–Kier alpha value is -1.62. The molecule has 1 aliphatic heterocycles. The van der Waals surface area contributed by atoms with Crippen LogP contribution in [-0.2, 0) is 11.3 Å². The van der Waals surface area contributed by atoms with Crippen molar-refractivity contribution in [3.05, 3.63) is 30.1 Å². The van der Waals surface area contributed by atoms with Crippen molar-refractivity contribution in [2.75, 3.05) is 13.2 Å². The normalized spacial score (nSPS) is 22.1. The highest BCUT2D eigenvalue weighted by molar-refractivity contribution is 5.73. The van der Waals surface area contributed by atoms with E-state index in [0.29, 0.717) is 19.0 Å². The number of rotatable bonds is 4. The quantitative estimate of drug-likeness (QED) is 0.899. The maximum atomic E-state index is 11.9. The van der Waals surface area contributed by atoms with Gasteiger partial charge in [0.25, 0.3) is 0 Å². The monoisotopic (exact) mass is 305 g/mol. The van der Waals surface area contributed by atoms with Gasteiger partial charge in [0.2, 0.25) is 0 Å². The number of nitrogens with one attached hydrogen (secondary N) is 2. The Bertz CT molecular complexity index is 471. The predicted octanol–water partition coefficient (Wildman–Crippen LogP) is 2.72. The van der Waals surface area contributed by atoms with Crippen LogP contribution >= 0.6 is 0 Å². The van der Waals surface area contributed by atoms with Crippen LogP contribution in [0.25, 0.3) is 0 Å². The van der Waals surface area contributed by atoms with Crippen LogP contribution in [0.5, 0.6) is 0 Å². The summed E-state index contributed by atoms with van der Waals surface area (Å²) >= 11 is 0. The third-order valence-electron chi connectivity index (χ3n) is 4.03. The Morgan fingerprint density at radius 2 is 2.05 bits per heavy atom. The fraction of sp³-hybridized carbons (Fsp3) is 0.647. The molecule has 1 fully saturated rings. The summed E-state index contributed by atoms with van der Waals surface area (Å²) in [5.41, 5.74) is 1.14. The summed E-state index contributed by atoms with van der Waals surface area (Å²) in [6.45, 7) is 8.58. The van der Waals surface area contributed by atoms with Crippen molar-refractivity contribution in [3.8, 4) is 0 Å². The summed E-state index contributed by atoms with van der Waals surface area (Å²) in [4.78, 5) is 15.9. The lowest BCUT2D eigenvalue weighted by Crippen LogP contribution is -2.46. The minimum atomic E-state index is -0.130. The summed E-state index contributed by atoms with van der Waals surface area (Å²) in [6.07, 6.45) is 5.82. The lowest BCUT2D eigenvalue weighted by Gasteiger charge is -2.40. The third-order valence-corrected chi connectivity index (χ3v) is 4.03. The van der Waals surface area contributed by atoms with Crippen molar-refractivity contribution >= 4 is 6.03 Å². The van der Waals surface area contributed by atoms with Crippen molar-refractivity contribution in [1.82, 2.24) is 15.6 Å². The van der Waals surface area contributed by atoms with Gasteiger partial charge in [-0.15, -0.1) is 0 Å². The molecule has 0 aliphatic carbocycles. The van der Waals surface area contributed by atoms with Crippen LogP contribution < -0.4 is 10.6 Å². The van der Waals surface area contributed by atoms with Gasteiger partial charge in [-0.1, -0.05) is 20.8 Å². The van der Waals surface area contributed by atoms with Gasteiger partial charge in [0.05, 0.1) is 6.10 Å². The standard InChI is InChI=1S/C17H27N3O2/c1-17(2,3)15-14(5-4-10-22-15)12-20-16(21)19-11-13-6-8-18-9-7-13/h6-9,14-15H,4-5,10-12H2,1-3H3,(H2,19,20,21)/t14-,15+/m1/s1. The molecular weight excluding hydrogens is 278 g/mol. The second kappa shape index (κ2) is 7.58. The van der Waals surface area contributed by atoms with Gasteiger partial charge in [-0.2, -0.15) is 0 Å². The van der Waals surface area contributed by atoms with E-state index in [1.54, 1.807) is 12.4 Å². The molecule has 1 aromatic rings. The van der Waals surface area contributed by atoms with E-state index >= 15 is 0 Å². The van der Waals surface area contributed by atoms with Crippen LogP contribution in [0, 0.1) is 11.3 Å². The van der Waals surface area contributed by atoms with Gasteiger partial charge in [0.15, 0.2) is 0 Å². The SMILES string of the molecule is CC(C)(C)[C@H]1OCCC[C@@H]1CNC(=O)NCc1ccncc1. The Labute approximate surface area is 132 Å². The molecule has 2 N–H and O–H groups in total. The number of hydrogen-bond donors (Lipinski definition) is 2. The van der Waals surface area contributed by atoms with Crippen molar-refractivity contribution in [1.29, 1.82) is 0 Å². The first-order chi connectivity index (χ1) is 10.5. The highest BCUT2D eigenvalue weighted by atomic mass is 16.5. The molecule has 122 valence electrons. The summed E-state index contributed by atoms with van der Waals surface area (Å²) in [5.74, 6) is 0.375. The highest BCUT2D eigenvalue weighted by Gasteiger charge is 2.35. The summed E-state index contributed by atoms with van der Waals surface area (Å²) < 4.78 is 5.94. The van der Waals surface area contributed by atoms with Crippen LogP contribution in [0.3, 0.4) is 0 Å². The Morgan fingerprint density at radius 3 is 2.73 bits per heavy atom. The van der Waals surface area contributed by atoms with E-state index in [1.165, 1.54) is 0 Å². The molecule has 0 spiro atoms. The fourth-order valence-corrected chi connectivity index (χ4v) is 2.98. The molecule has 0 unspecified atom stereocenters. The number of carbonyl (C=O) groups excluding carboxylic acids is 1. The highest BCUT2D eigenvalue weighted by Crippen LogP contribution is 2.33. The predicted molar refractivity (Wildman–Crippen MR) is 86.4 cm³/mol. The van der Waals surface area contributed by atoms with Gasteiger partial charge in [0.1, 0.15) is 0 Å². The van der Waals surface area contributed by atoms with Crippen molar-refractivity contribution in [2.45, 2.75) is 46.3 Å². The maximum Gasteiger partial charge on any atom is 0.315 e. The molecular formula is C17H27N3O2. The van der Waals surface area contributed by atoms with E-state index in [-0.39, 0.29) is 17.6 Å². The second-order valence-corrected chi connectivity index (χ2v) is 6.98. The molecule has 5 nitrogen and oxygen atoms in total. The number of ether oxygens (including phenoxy) is 1. The molecule has 0 saturated carbocycles. The molecule has 2 rings (SSSR count). The second-order valence-electron chi connectivity index (χ2n) is 6.98. The summed E-state index contributed by atoms with van der Waals surface area (Å²) in [7, 11) is 0. The van der Waals surface area contributed by atoms with Crippen LogP contribution in [0.1, 0.15) is 39.2 Å². The Morgan fingerprint density at radius 1 is 1.32 bits per heavy atom. The fourth-order valence-electron chi connectivity index (χ4n) is 2.98. The zero-order valence-electron chi connectivity index (χ0n) is 13.8. The minimum Gasteiger partial charge on any atom is -0.377 e. The number of pyridine rings is 1. The molecule has 22 heavy (non-hydrogen) atoms. The lowest BCUT2D eigenvalue weighted by atomic mass is 9.78. The largest absolute Gasteiger partial charge is 0.377 e. The summed E-state index contributed by atoms with van der Waals surface area (Å²) in [5, 5.41) is 5.85. The maximum absolute atomic E-state index is 11.9. The summed E-state index contributed by atoms with van der Waals surface area (Å²) in [6, 6.07) is 3.66. The van der Waals surface area contributed by atoms with Crippen LogP contribution in [0.2, 0.25) is 0 Å². The van der Waals surface area contributed by atoms with E-state index in [2.05, 4.69) is 36.4 Å². The zero-order chi connectivity index (χ0) is 16.0. The number of amides is 2. The number of carbonyl (C=O) groups is 1. The van der Waals surface area contributed by atoms with Gasteiger partial charge >= 0.3 is 6.03 Å². The van der Waals surface area contributed by atoms with Crippen molar-refractivity contribution < 1.29 is 9.53 Å².